The van der Waals surface area contributed by atoms with Crippen molar-refractivity contribution in [2.24, 2.45) is 0 Å². The Labute approximate surface area is 144 Å². The van der Waals surface area contributed by atoms with Crippen LogP contribution in [0.5, 0.6) is 5.75 Å². The third kappa shape index (κ3) is 4.42. The van der Waals surface area contributed by atoms with Gasteiger partial charge in [0.2, 0.25) is 5.91 Å². The van der Waals surface area contributed by atoms with Crippen molar-refractivity contribution in [1.29, 1.82) is 0 Å². The molecule has 0 radical (unpaired) electrons. The van der Waals surface area contributed by atoms with Gasteiger partial charge in [0.1, 0.15) is 10.6 Å². The van der Waals surface area contributed by atoms with Crippen molar-refractivity contribution in [2.75, 3.05) is 19.0 Å². The van der Waals surface area contributed by atoms with Crippen LogP contribution in [0.3, 0.4) is 0 Å². The van der Waals surface area contributed by atoms with Crippen molar-refractivity contribution in [1.82, 2.24) is 4.98 Å². The summed E-state index contributed by atoms with van der Waals surface area (Å²) >= 11 is 1.09. The number of hydrogen-bond acceptors (Lipinski definition) is 6. The fraction of sp³-hybridized carbons (Fsp3) is 0.235. The summed E-state index contributed by atoms with van der Waals surface area (Å²) in [5, 5.41) is 2.99. The van der Waals surface area contributed by atoms with Gasteiger partial charge in [0.15, 0.2) is 5.13 Å². The molecule has 1 amide bonds. The topological polar surface area (TPSA) is 77.5 Å². The molecule has 0 saturated carbocycles. The Kier molecular flexibility index (Phi) is 6.08. The fourth-order valence-electron chi connectivity index (χ4n) is 1.95. The predicted octanol–water partition coefficient (Wildman–Crippen LogP) is 3.29. The molecule has 24 heavy (non-hydrogen) atoms. The first-order chi connectivity index (χ1) is 11.5. The molecule has 6 nitrogen and oxygen atoms in total. The highest BCUT2D eigenvalue weighted by Gasteiger charge is 2.16. The summed E-state index contributed by atoms with van der Waals surface area (Å²) in [5.74, 6) is -0.0983. The van der Waals surface area contributed by atoms with Crippen molar-refractivity contribution >= 4 is 34.4 Å². The Bertz CT molecular complexity index is 768. The Morgan fingerprint density at radius 2 is 2.08 bits per heavy atom. The maximum atomic E-state index is 12.0. The number of para-hydroxylation sites is 1. The minimum Gasteiger partial charge on any atom is -0.496 e. The van der Waals surface area contributed by atoms with Gasteiger partial charge in [-0.25, -0.2) is 9.78 Å². The van der Waals surface area contributed by atoms with Gasteiger partial charge < -0.3 is 9.47 Å². The molecule has 1 heterocycles. The van der Waals surface area contributed by atoms with Crippen LogP contribution in [0.25, 0.3) is 6.08 Å². The van der Waals surface area contributed by atoms with Gasteiger partial charge in [-0.3, -0.25) is 10.1 Å². The van der Waals surface area contributed by atoms with Gasteiger partial charge in [-0.1, -0.05) is 29.5 Å². The molecule has 0 aliphatic carbocycles. The number of aryl methyl sites for hydroxylation is 1. The molecule has 0 atom stereocenters. The third-order valence-electron chi connectivity index (χ3n) is 3.04. The SMILES string of the molecule is CCOC(=O)c1sc(NC(=O)C=Cc2ccccc2OC)nc1C. The summed E-state index contributed by atoms with van der Waals surface area (Å²) in [4.78, 5) is 28.3. The van der Waals surface area contributed by atoms with Gasteiger partial charge in [0, 0.05) is 11.6 Å². The van der Waals surface area contributed by atoms with Crippen LogP contribution < -0.4 is 10.1 Å². The molecule has 1 aromatic carbocycles. The largest absolute Gasteiger partial charge is 0.496 e. The molecule has 0 bridgehead atoms. The number of rotatable bonds is 6. The highest BCUT2D eigenvalue weighted by molar-refractivity contribution is 7.17. The van der Waals surface area contributed by atoms with Crippen LogP contribution in [0.15, 0.2) is 30.3 Å². The van der Waals surface area contributed by atoms with Gasteiger partial charge in [-0.05, 0) is 26.0 Å². The number of nitrogens with zero attached hydrogens (tertiary/aromatic N) is 1. The minimum atomic E-state index is -0.433. The normalized spacial score (nSPS) is 10.6. The van der Waals surface area contributed by atoms with E-state index < -0.39 is 5.97 Å². The lowest BCUT2D eigenvalue weighted by molar-refractivity contribution is -0.111. The van der Waals surface area contributed by atoms with E-state index in [1.165, 1.54) is 6.08 Å². The molecule has 126 valence electrons. The molecule has 1 N–H and O–H groups in total. The van der Waals surface area contributed by atoms with E-state index in [2.05, 4.69) is 10.3 Å². The smallest absolute Gasteiger partial charge is 0.350 e. The molecule has 2 rings (SSSR count). The number of carbonyl (C=O) groups is 2. The molecule has 1 aromatic heterocycles. The first kappa shape index (κ1) is 17.7. The lowest BCUT2D eigenvalue weighted by Crippen LogP contribution is -2.07. The quantitative estimate of drug-likeness (QED) is 0.641. The summed E-state index contributed by atoms with van der Waals surface area (Å²) in [6.45, 7) is 3.72. The molecule has 0 aliphatic rings. The van der Waals surface area contributed by atoms with Gasteiger partial charge in [-0.15, -0.1) is 0 Å². The summed E-state index contributed by atoms with van der Waals surface area (Å²) in [5.41, 5.74) is 1.32. The van der Waals surface area contributed by atoms with Gasteiger partial charge in [0.05, 0.1) is 19.4 Å². The van der Waals surface area contributed by atoms with E-state index in [4.69, 9.17) is 9.47 Å². The third-order valence-corrected chi connectivity index (χ3v) is 4.09. The van der Waals surface area contributed by atoms with Crippen LogP contribution in [0.2, 0.25) is 0 Å². The number of anilines is 1. The maximum absolute atomic E-state index is 12.0. The lowest BCUT2D eigenvalue weighted by atomic mass is 10.2. The molecule has 0 spiro atoms. The lowest BCUT2D eigenvalue weighted by Gasteiger charge is -2.03. The molecular formula is C17H18N2O4S. The fourth-order valence-corrected chi connectivity index (χ4v) is 2.82. The zero-order chi connectivity index (χ0) is 17.5. The number of hydrogen-bond donors (Lipinski definition) is 1. The van der Waals surface area contributed by atoms with E-state index in [-0.39, 0.29) is 5.91 Å². The number of benzene rings is 1. The highest BCUT2D eigenvalue weighted by Crippen LogP contribution is 2.23. The van der Waals surface area contributed by atoms with Crippen LogP contribution >= 0.6 is 11.3 Å². The summed E-state index contributed by atoms with van der Waals surface area (Å²) in [7, 11) is 1.57. The van der Waals surface area contributed by atoms with Crippen LogP contribution in [-0.2, 0) is 9.53 Å². The number of esters is 1. The summed E-state index contributed by atoms with van der Waals surface area (Å²) < 4.78 is 10.2. The number of nitrogens with one attached hydrogen (secondary N) is 1. The average molecular weight is 346 g/mol. The van der Waals surface area contributed by atoms with Crippen molar-refractivity contribution in [3.63, 3.8) is 0 Å². The zero-order valence-electron chi connectivity index (χ0n) is 13.7. The zero-order valence-corrected chi connectivity index (χ0v) is 14.5. The maximum Gasteiger partial charge on any atom is 0.350 e. The standard InChI is InChI=1S/C17H18N2O4S/c1-4-23-16(21)15-11(2)18-17(24-15)19-14(20)10-9-12-7-5-6-8-13(12)22-3/h5-10H,4H2,1-3H3,(H,18,19,20). The monoisotopic (exact) mass is 346 g/mol. The Hall–Kier alpha value is -2.67. The van der Waals surface area contributed by atoms with Crippen LogP contribution in [0.4, 0.5) is 5.13 Å². The first-order valence-corrected chi connectivity index (χ1v) is 8.13. The van der Waals surface area contributed by atoms with E-state index >= 15 is 0 Å². The Balaban J connectivity index is 2.06. The number of aromatic nitrogens is 1. The first-order valence-electron chi connectivity index (χ1n) is 7.31. The second-order valence-electron chi connectivity index (χ2n) is 4.72. The Morgan fingerprint density at radius 1 is 1.33 bits per heavy atom. The van der Waals surface area contributed by atoms with E-state index in [1.54, 1.807) is 27.0 Å². The Morgan fingerprint density at radius 3 is 2.79 bits per heavy atom. The molecular weight excluding hydrogens is 328 g/mol. The van der Waals surface area contributed by atoms with Crippen LogP contribution in [0.1, 0.15) is 27.9 Å². The van der Waals surface area contributed by atoms with Gasteiger partial charge in [-0.2, -0.15) is 0 Å². The number of thiazole rings is 1. The number of ether oxygens (including phenoxy) is 2. The van der Waals surface area contributed by atoms with E-state index in [1.807, 2.05) is 24.3 Å². The highest BCUT2D eigenvalue weighted by atomic mass is 32.1. The summed E-state index contributed by atoms with van der Waals surface area (Å²) in [6.07, 6.45) is 3.04. The van der Waals surface area contributed by atoms with Crippen molar-refractivity contribution < 1.29 is 19.1 Å². The molecule has 0 unspecified atom stereocenters. The van der Waals surface area contributed by atoms with Gasteiger partial charge >= 0.3 is 5.97 Å². The average Bonchev–Trinajstić information content (AvgIpc) is 2.93. The van der Waals surface area contributed by atoms with Crippen LogP contribution in [0, 0.1) is 6.92 Å². The number of methoxy groups -OCH3 is 1. The predicted molar refractivity (Wildman–Crippen MR) is 93.5 cm³/mol. The minimum absolute atomic E-state index is 0.291. The van der Waals surface area contributed by atoms with E-state index in [0.717, 1.165) is 16.9 Å². The second-order valence-corrected chi connectivity index (χ2v) is 5.72. The van der Waals surface area contributed by atoms with Crippen LogP contribution in [-0.4, -0.2) is 30.6 Å². The van der Waals surface area contributed by atoms with Crippen molar-refractivity contribution in [3.8, 4) is 5.75 Å². The van der Waals surface area contributed by atoms with Crippen molar-refractivity contribution in [2.45, 2.75) is 13.8 Å². The number of carbonyl (C=O) groups excluding carboxylic acids is 2. The molecule has 0 fully saturated rings. The molecule has 2 aromatic rings. The number of amides is 1. The summed E-state index contributed by atoms with van der Waals surface area (Å²) in [6, 6.07) is 7.36. The molecule has 0 aliphatic heterocycles. The second kappa shape index (κ2) is 8.26. The molecule has 7 heteroatoms. The molecule has 0 saturated heterocycles. The van der Waals surface area contributed by atoms with Gasteiger partial charge in [0.25, 0.3) is 0 Å². The van der Waals surface area contributed by atoms with E-state index in [9.17, 15) is 9.59 Å². The van der Waals surface area contributed by atoms with E-state index in [0.29, 0.717) is 28.1 Å². The van der Waals surface area contributed by atoms with Crippen molar-refractivity contribution in [3.05, 3.63) is 46.5 Å².